The van der Waals surface area contributed by atoms with Gasteiger partial charge in [0.25, 0.3) is 0 Å². The van der Waals surface area contributed by atoms with Crippen molar-refractivity contribution in [3.63, 3.8) is 0 Å². The molecule has 7 heteroatoms. The Kier molecular flexibility index (Phi) is 8.31. The fourth-order valence-electron chi connectivity index (χ4n) is 4.39. The molecule has 0 bridgehead atoms. The fraction of sp³-hybridized carbons (Fsp3) is 0.444. The van der Waals surface area contributed by atoms with Crippen LogP contribution in [0.1, 0.15) is 57.6 Å². The van der Waals surface area contributed by atoms with Gasteiger partial charge in [-0.1, -0.05) is 76.2 Å². The molecule has 0 spiro atoms. The van der Waals surface area contributed by atoms with Crippen LogP contribution in [0.15, 0.2) is 48.5 Å². The van der Waals surface area contributed by atoms with Gasteiger partial charge in [0.2, 0.25) is 5.91 Å². The summed E-state index contributed by atoms with van der Waals surface area (Å²) in [6.07, 6.45) is -0.276. The molecule has 1 unspecified atom stereocenters. The molecule has 3 rings (SSSR count). The van der Waals surface area contributed by atoms with E-state index in [-0.39, 0.29) is 30.8 Å². The second-order valence-electron chi connectivity index (χ2n) is 9.61. The average Bonchev–Trinajstić information content (AvgIpc) is 3.10. The normalized spacial score (nSPS) is 14.3. The smallest absolute Gasteiger partial charge is 0.407 e. The highest BCUT2D eigenvalue weighted by atomic mass is 16.5. The van der Waals surface area contributed by atoms with Crippen LogP contribution in [0, 0.1) is 11.8 Å². The summed E-state index contributed by atoms with van der Waals surface area (Å²) in [5, 5.41) is 14.7. The molecule has 182 valence electrons. The lowest BCUT2D eigenvalue weighted by atomic mass is 9.98. The van der Waals surface area contributed by atoms with Crippen molar-refractivity contribution < 1.29 is 24.2 Å². The molecule has 1 aliphatic rings. The van der Waals surface area contributed by atoms with E-state index in [1.165, 1.54) is 0 Å². The lowest BCUT2D eigenvalue weighted by Gasteiger charge is -2.24. The van der Waals surface area contributed by atoms with E-state index < -0.39 is 30.1 Å². The summed E-state index contributed by atoms with van der Waals surface area (Å²) in [6, 6.07) is 14.8. The van der Waals surface area contributed by atoms with Crippen molar-refractivity contribution in [2.75, 3.05) is 6.61 Å². The maximum absolute atomic E-state index is 12.6. The van der Waals surface area contributed by atoms with Gasteiger partial charge in [0.15, 0.2) is 0 Å². The number of hydrogen-bond donors (Lipinski definition) is 3. The lowest BCUT2D eigenvalue weighted by Crippen LogP contribution is -2.46. The maximum atomic E-state index is 12.6. The van der Waals surface area contributed by atoms with Crippen LogP contribution in [0.3, 0.4) is 0 Å². The maximum Gasteiger partial charge on any atom is 0.407 e. The van der Waals surface area contributed by atoms with Gasteiger partial charge in [0.05, 0.1) is 0 Å². The number of carbonyl (C=O) groups is 3. The molecule has 0 aromatic heterocycles. The second-order valence-corrected chi connectivity index (χ2v) is 9.61. The summed E-state index contributed by atoms with van der Waals surface area (Å²) in [5.41, 5.74) is 4.55. The van der Waals surface area contributed by atoms with Gasteiger partial charge in [-0.3, -0.25) is 4.79 Å². The van der Waals surface area contributed by atoms with E-state index in [9.17, 15) is 19.5 Å². The first-order valence-electron chi connectivity index (χ1n) is 11.8. The molecule has 0 aliphatic heterocycles. The molecule has 0 saturated carbocycles. The van der Waals surface area contributed by atoms with Crippen LogP contribution >= 0.6 is 0 Å². The number of fused-ring (bicyclic) bond motifs is 3. The van der Waals surface area contributed by atoms with E-state index in [1.54, 1.807) is 0 Å². The van der Waals surface area contributed by atoms with E-state index >= 15 is 0 Å². The molecule has 3 N–H and O–H groups in total. The highest BCUT2D eigenvalue weighted by Gasteiger charge is 2.30. The third-order valence-corrected chi connectivity index (χ3v) is 6.20. The minimum atomic E-state index is -1.06. The van der Waals surface area contributed by atoms with Crippen molar-refractivity contribution in [3.05, 3.63) is 59.7 Å². The molecule has 34 heavy (non-hydrogen) atoms. The molecule has 0 fully saturated rings. The molecule has 7 nitrogen and oxygen atoms in total. The van der Waals surface area contributed by atoms with E-state index in [0.717, 1.165) is 22.3 Å². The van der Waals surface area contributed by atoms with Crippen LogP contribution in [-0.4, -0.2) is 41.8 Å². The number of aliphatic carboxylic acids is 1. The Morgan fingerprint density at radius 3 is 1.97 bits per heavy atom. The Balaban J connectivity index is 1.59. The van der Waals surface area contributed by atoms with Crippen LogP contribution in [-0.2, 0) is 14.3 Å². The number of hydrogen-bond acceptors (Lipinski definition) is 4. The number of carboxylic acids is 1. The van der Waals surface area contributed by atoms with Gasteiger partial charge < -0.3 is 20.5 Å². The molecule has 0 radical (unpaired) electrons. The largest absolute Gasteiger partial charge is 0.480 e. The Hall–Kier alpha value is -3.35. The van der Waals surface area contributed by atoms with Crippen molar-refractivity contribution in [1.82, 2.24) is 10.6 Å². The molecule has 1 aliphatic carbocycles. The van der Waals surface area contributed by atoms with Crippen LogP contribution < -0.4 is 10.6 Å². The van der Waals surface area contributed by atoms with Crippen molar-refractivity contribution in [3.8, 4) is 11.1 Å². The molecule has 0 heterocycles. The number of carbonyl (C=O) groups excluding carboxylic acids is 2. The molecular formula is C27H34N2O5. The number of ether oxygens (including phenoxy) is 1. The minimum Gasteiger partial charge on any atom is -0.480 e. The van der Waals surface area contributed by atoms with Gasteiger partial charge in [0, 0.05) is 18.4 Å². The highest BCUT2D eigenvalue weighted by molar-refractivity contribution is 5.84. The van der Waals surface area contributed by atoms with Crippen LogP contribution in [0.5, 0.6) is 0 Å². The zero-order chi connectivity index (χ0) is 24.8. The van der Waals surface area contributed by atoms with Crippen LogP contribution in [0.4, 0.5) is 4.79 Å². The molecular weight excluding hydrogens is 432 g/mol. The first kappa shape index (κ1) is 25.3. The fourth-order valence-corrected chi connectivity index (χ4v) is 4.39. The Morgan fingerprint density at radius 2 is 1.47 bits per heavy atom. The summed E-state index contributed by atoms with van der Waals surface area (Å²) in [6.45, 7) is 7.77. The summed E-state index contributed by atoms with van der Waals surface area (Å²) in [5.74, 6) is -1.44. The van der Waals surface area contributed by atoms with Crippen molar-refractivity contribution >= 4 is 18.0 Å². The van der Waals surface area contributed by atoms with Gasteiger partial charge >= 0.3 is 12.1 Å². The quantitative estimate of drug-likeness (QED) is 0.476. The third kappa shape index (κ3) is 6.16. The minimum absolute atomic E-state index is 0.0241. The Morgan fingerprint density at radius 1 is 0.912 bits per heavy atom. The van der Waals surface area contributed by atoms with E-state index in [0.29, 0.717) is 6.42 Å². The zero-order valence-electron chi connectivity index (χ0n) is 20.2. The first-order chi connectivity index (χ1) is 16.2. The number of carboxylic acid groups (broad SMARTS) is 1. The number of benzene rings is 2. The monoisotopic (exact) mass is 466 g/mol. The Labute approximate surface area is 200 Å². The van der Waals surface area contributed by atoms with E-state index in [2.05, 4.69) is 34.9 Å². The zero-order valence-corrected chi connectivity index (χ0v) is 20.2. The second kappa shape index (κ2) is 11.2. The predicted octanol–water partition coefficient (Wildman–Crippen LogP) is 4.56. The third-order valence-electron chi connectivity index (χ3n) is 6.20. The van der Waals surface area contributed by atoms with Gasteiger partial charge in [-0.2, -0.15) is 0 Å². The summed E-state index contributed by atoms with van der Waals surface area (Å²) in [4.78, 5) is 36.6. The lowest BCUT2D eigenvalue weighted by molar-refractivity contribution is -0.142. The predicted molar refractivity (Wildman–Crippen MR) is 130 cm³/mol. The van der Waals surface area contributed by atoms with Crippen molar-refractivity contribution in [2.45, 2.75) is 58.5 Å². The Bertz CT molecular complexity index is 988. The summed E-state index contributed by atoms with van der Waals surface area (Å²) >= 11 is 0. The van der Waals surface area contributed by atoms with Gasteiger partial charge in [-0.05, 0) is 40.5 Å². The van der Waals surface area contributed by atoms with Crippen molar-refractivity contribution in [2.24, 2.45) is 11.8 Å². The van der Waals surface area contributed by atoms with Gasteiger partial charge in [-0.15, -0.1) is 0 Å². The van der Waals surface area contributed by atoms with E-state index in [4.69, 9.17) is 4.74 Å². The SMILES string of the molecule is CC(C)CC(NC(=O)C[C@H](NC(=O)OCC1c2ccccc2-c2ccccc21)C(C)C)C(=O)O. The standard InChI is InChI=1S/C27H34N2O5/c1-16(2)13-24(26(31)32)28-25(30)14-23(17(3)4)29-27(33)34-15-22-20-11-7-5-9-18(20)19-10-6-8-12-21(19)22/h5-12,16-17,22-24H,13-15H2,1-4H3,(H,28,30)(H,29,33)(H,31,32)/t23-,24?/m0/s1. The molecule has 2 aromatic carbocycles. The first-order valence-corrected chi connectivity index (χ1v) is 11.8. The average molecular weight is 467 g/mol. The van der Waals surface area contributed by atoms with Gasteiger partial charge in [-0.25, -0.2) is 9.59 Å². The molecule has 0 saturated heterocycles. The van der Waals surface area contributed by atoms with Crippen LogP contribution in [0.2, 0.25) is 0 Å². The molecule has 2 amide bonds. The van der Waals surface area contributed by atoms with Crippen molar-refractivity contribution in [1.29, 1.82) is 0 Å². The molecule has 2 aromatic rings. The number of alkyl carbamates (subject to hydrolysis) is 1. The van der Waals surface area contributed by atoms with Crippen LogP contribution in [0.25, 0.3) is 11.1 Å². The topological polar surface area (TPSA) is 105 Å². The number of amides is 2. The summed E-state index contributed by atoms with van der Waals surface area (Å²) in [7, 11) is 0. The van der Waals surface area contributed by atoms with E-state index in [1.807, 2.05) is 52.0 Å². The van der Waals surface area contributed by atoms with Gasteiger partial charge in [0.1, 0.15) is 12.6 Å². The summed E-state index contributed by atoms with van der Waals surface area (Å²) < 4.78 is 5.60. The number of nitrogens with one attached hydrogen (secondary N) is 2. The number of rotatable bonds is 10. The highest BCUT2D eigenvalue weighted by Crippen LogP contribution is 2.44. The molecule has 2 atom stereocenters.